The van der Waals surface area contributed by atoms with E-state index in [2.05, 4.69) is 20.8 Å². The summed E-state index contributed by atoms with van der Waals surface area (Å²) in [7, 11) is 0. The second-order valence-electron chi connectivity index (χ2n) is 4.13. The first-order chi connectivity index (χ1) is 5.58. The van der Waals surface area contributed by atoms with E-state index in [1.165, 1.54) is 5.57 Å². The van der Waals surface area contributed by atoms with Crippen molar-refractivity contribution in [1.29, 1.82) is 0 Å². The minimum Gasteiger partial charge on any atom is -0.207 e. The maximum atomic E-state index is 12.9. The van der Waals surface area contributed by atoms with Crippen molar-refractivity contribution < 1.29 is 4.39 Å². The Balaban J connectivity index is 2.60. The third-order valence-electron chi connectivity index (χ3n) is 2.04. The van der Waals surface area contributed by atoms with Gasteiger partial charge < -0.3 is 0 Å². The second-order valence-corrected chi connectivity index (χ2v) is 4.13. The fourth-order valence-electron chi connectivity index (χ4n) is 1.71. The van der Waals surface area contributed by atoms with Crippen molar-refractivity contribution in [3.8, 4) is 0 Å². The minimum absolute atomic E-state index is 0.0515. The fraction of sp³-hybridized carbons (Fsp3) is 0.636. The third-order valence-corrected chi connectivity index (χ3v) is 2.04. The van der Waals surface area contributed by atoms with E-state index in [1.54, 1.807) is 12.2 Å². The maximum absolute atomic E-state index is 12.9. The Kier molecular flexibility index (Phi) is 3.07. The summed E-state index contributed by atoms with van der Waals surface area (Å²) >= 11 is 0. The Morgan fingerprint density at radius 1 is 1.58 bits per heavy atom. The Morgan fingerprint density at radius 3 is 2.75 bits per heavy atom. The normalized spacial score (nSPS) is 23.9. The molecule has 0 saturated heterocycles. The predicted octanol–water partition coefficient (Wildman–Crippen LogP) is 3.85. The van der Waals surface area contributed by atoms with Crippen LogP contribution in [0.25, 0.3) is 0 Å². The van der Waals surface area contributed by atoms with Gasteiger partial charge in [-0.1, -0.05) is 26.3 Å². The average molecular weight is 168 g/mol. The molecule has 0 amide bonds. The van der Waals surface area contributed by atoms with E-state index in [4.69, 9.17) is 0 Å². The Hall–Kier alpha value is -0.590. The van der Waals surface area contributed by atoms with Crippen LogP contribution in [-0.4, -0.2) is 0 Å². The van der Waals surface area contributed by atoms with Crippen molar-refractivity contribution in [2.45, 2.75) is 33.6 Å². The molecule has 1 unspecified atom stereocenters. The zero-order chi connectivity index (χ0) is 9.14. The van der Waals surface area contributed by atoms with Gasteiger partial charge in [-0.3, -0.25) is 0 Å². The lowest BCUT2D eigenvalue weighted by Crippen LogP contribution is -2.02. The molecule has 0 bridgehead atoms. The van der Waals surface area contributed by atoms with E-state index in [9.17, 15) is 4.39 Å². The summed E-state index contributed by atoms with van der Waals surface area (Å²) < 4.78 is 12.9. The van der Waals surface area contributed by atoms with Gasteiger partial charge in [0.25, 0.3) is 0 Å². The lowest BCUT2D eigenvalue weighted by Gasteiger charge is -2.16. The van der Waals surface area contributed by atoms with Gasteiger partial charge in [-0.15, -0.1) is 0 Å². The molecule has 0 N–H and O–H groups in total. The number of halogens is 1. The van der Waals surface area contributed by atoms with Crippen LogP contribution in [0.15, 0.2) is 23.6 Å². The van der Waals surface area contributed by atoms with Crippen LogP contribution in [-0.2, 0) is 0 Å². The Bertz CT molecular complexity index is 211. The molecule has 0 radical (unpaired) electrons. The average Bonchev–Trinajstić information content (AvgIpc) is 1.81. The molecule has 68 valence electrons. The summed E-state index contributed by atoms with van der Waals surface area (Å²) in [5.41, 5.74) is 1.26. The van der Waals surface area contributed by atoms with Gasteiger partial charge in [-0.25, -0.2) is 4.39 Å². The smallest absolute Gasteiger partial charge is 0.119 e. The third kappa shape index (κ3) is 2.80. The highest BCUT2D eigenvalue weighted by atomic mass is 19.1. The highest BCUT2D eigenvalue weighted by Gasteiger charge is 2.11. The first-order valence-corrected chi connectivity index (χ1v) is 4.64. The molecule has 0 spiro atoms. The summed E-state index contributed by atoms with van der Waals surface area (Å²) in [5, 5.41) is 0. The summed E-state index contributed by atoms with van der Waals surface area (Å²) in [6, 6.07) is 0. The van der Waals surface area contributed by atoms with Crippen molar-refractivity contribution >= 4 is 0 Å². The summed E-state index contributed by atoms with van der Waals surface area (Å²) in [6.07, 6.45) is 5.46. The van der Waals surface area contributed by atoms with Crippen molar-refractivity contribution in [3.05, 3.63) is 23.6 Å². The molecule has 0 aliphatic heterocycles. The first kappa shape index (κ1) is 9.50. The molecule has 1 aliphatic carbocycles. The Labute approximate surface area is 74.2 Å². The molecular weight excluding hydrogens is 151 g/mol. The quantitative estimate of drug-likeness (QED) is 0.587. The van der Waals surface area contributed by atoms with Gasteiger partial charge in [-0.2, -0.15) is 0 Å². The van der Waals surface area contributed by atoms with Crippen LogP contribution >= 0.6 is 0 Å². The number of hydrogen-bond acceptors (Lipinski definition) is 0. The van der Waals surface area contributed by atoms with E-state index < -0.39 is 0 Å². The van der Waals surface area contributed by atoms with Crippen LogP contribution in [0, 0.1) is 11.8 Å². The molecule has 0 nitrogen and oxygen atoms in total. The van der Waals surface area contributed by atoms with E-state index in [0.29, 0.717) is 11.8 Å². The van der Waals surface area contributed by atoms with Crippen LogP contribution in [0.1, 0.15) is 33.6 Å². The first-order valence-electron chi connectivity index (χ1n) is 4.64. The van der Waals surface area contributed by atoms with Gasteiger partial charge in [0.15, 0.2) is 0 Å². The molecule has 0 heterocycles. The number of rotatable bonds is 2. The van der Waals surface area contributed by atoms with Gasteiger partial charge in [-0.05, 0) is 36.8 Å². The molecule has 1 rings (SSSR count). The molecule has 0 aromatic heterocycles. The number of allylic oxidation sites excluding steroid dienone is 4. The zero-order valence-corrected chi connectivity index (χ0v) is 8.10. The van der Waals surface area contributed by atoms with Crippen LogP contribution < -0.4 is 0 Å². The van der Waals surface area contributed by atoms with E-state index >= 15 is 0 Å². The van der Waals surface area contributed by atoms with E-state index in [-0.39, 0.29) is 5.83 Å². The molecule has 0 aromatic rings. The summed E-state index contributed by atoms with van der Waals surface area (Å²) in [4.78, 5) is 0. The molecule has 1 aliphatic rings. The van der Waals surface area contributed by atoms with Crippen LogP contribution in [0.4, 0.5) is 4.39 Å². The maximum Gasteiger partial charge on any atom is 0.119 e. The molecule has 0 saturated carbocycles. The van der Waals surface area contributed by atoms with Crippen molar-refractivity contribution in [3.63, 3.8) is 0 Å². The highest BCUT2D eigenvalue weighted by molar-refractivity contribution is 5.24. The fourth-order valence-corrected chi connectivity index (χ4v) is 1.71. The monoisotopic (exact) mass is 168 g/mol. The molecule has 0 aromatic carbocycles. The second kappa shape index (κ2) is 3.88. The lowest BCUT2D eigenvalue weighted by atomic mass is 9.90. The Morgan fingerprint density at radius 2 is 2.25 bits per heavy atom. The van der Waals surface area contributed by atoms with Crippen molar-refractivity contribution in [2.75, 3.05) is 0 Å². The van der Waals surface area contributed by atoms with E-state index in [0.717, 1.165) is 12.8 Å². The zero-order valence-electron chi connectivity index (χ0n) is 8.10. The standard InChI is InChI=1S/C11H17F/c1-8(2)4-10-5-9(3)6-11(12)7-10/h6-9H,4-5H2,1-3H3. The largest absolute Gasteiger partial charge is 0.207 e. The lowest BCUT2D eigenvalue weighted by molar-refractivity contribution is 0.559. The van der Waals surface area contributed by atoms with Gasteiger partial charge >= 0.3 is 0 Å². The number of hydrogen-bond donors (Lipinski definition) is 0. The van der Waals surface area contributed by atoms with Gasteiger partial charge in [0.2, 0.25) is 0 Å². The summed E-state index contributed by atoms with van der Waals surface area (Å²) in [6.45, 7) is 6.40. The molecule has 0 fully saturated rings. The van der Waals surface area contributed by atoms with Gasteiger partial charge in [0.05, 0.1) is 0 Å². The topological polar surface area (TPSA) is 0 Å². The van der Waals surface area contributed by atoms with Crippen LogP contribution in [0.5, 0.6) is 0 Å². The minimum atomic E-state index is -0.0515. The molecular formula is C11H17F. The SMILES string of the molecule is CC(C)CC1=CC(F)=CC(C)C1. The molecule has 1 heteroatoms. The molecule has 1 atom stereocenters. The highest BCUT2D eigenvalue weighted by Crippen LogP contribution is 2.27. The van der Waals surface area contributed by atoms with Crippen LogP contribution in [0.3, 0.4) is 0 Å². The van der Waals surface area contributed by atoms with Gasteiger partial charge in [0.1, 0.15) is 5.83 Å². The summed E-state index contributed by atoms with van der Waals surface area (Å²) in [5.74, 6) is 0.961. The van der Waals surface area contributed by atoms with Gasteiger partial charge in [0, 0.05) is 0 Å². The predicted molar refractivity (Wildman–Crippen MR) is 50.5 cm³/mol. The van der Waals surface area contributed by atoms with E-state index in [1.807, 2.05) is 0 Å². The van der Waals surface area contributed by atoms with Crippen molar-refractivity contribution in [2.24, 2.45) is 11.8 Å². The van der Waals surface area contributed by atoms with Crippen molar-refractivity contribution in [1.82, 2.24) is 0 Å². The van der Waals surface area contributed by atoms with Crippen LogP contribution in [0.2, 0.25) is 0 Å². The molecule has 12 heavy (non-hydrogen) atoms.